The van der Waals surface area contributed by atoms with Gasteiger partial charge < -0.3 is 24.8 Å². The van der Waals surface area contributed by atoms with Crippen LogP contribution in [0.2, 0.25) is 0 Å². The van der Waals surface area contributed by atoms with E-state index in [-0.39, 0.29) is 29.8 Å². The van der Waals surface area contributed by atoms with E-state index >= 15 is 0 Å². The standard InChI is InChI=1S/C22H23N3O4.C2HF3O2/c26-21(14-5-7-23-8-6-14)24-10-16-13-28-20-12-25(11-17(16)20)22(27)19-9-15-3-1-2-4-18(15)29-19;3-2(4,5)1(6)7/h1-8,16-17,19-20H,9-13H2,(H,24,26);(H,6,7)/t16-,17-,19?,20-;/m1./s1. The smallest absolute Gasteiger partial charge is 0.480 e. The Morgan fingerprint density at radius 1 is 1.11 bits per heavy atom. The van der Waals surface area contributed by atoms with Crippen LogP contribution in [0.15, 0.2) is 48.8 Å². The molecule has 2 saturated heterocycles. The molecule has 4 atom stereocenters. The van der Waals surface area contributed by atoms with Crippen LogP contribution < -0.4 is 10.1 Å². The highest BCUT2D eigenvalue weighted by Gasteiger charge is 2.47. The van der Waals surface area contributed by atoms with Gasteiger partial charge in [-0.1, -0.05) is 18.2 Å². The summed E-state index contributed by atoms with van der Waals surface area (Å²) in [6.45, 7) is 2.39. The van der Waals surface area contributed by atoms with Gasteiger partial charge >= 0.3 is 12.1 Å². The first-order chi connectivity index (χ1) is 17.1. The molecule has 4 heterocycles. The van der Waals surface area contributed by atoms with E-state index in [2.05, 4.69) is 10.3 Å². The Bertz CT molecular complexity index is 1090. The Labute approximate surface area is 204 Å². The van der Waals surface area contributed by atoms with Gasteiger partial charge in [-0.2, -0.15) is 13.2 Å². The number of fused-ring (bicyclic) bond motifs is 2. The topological polar surface area (TPSA) is 118 Å². The molecule has 0 spiro atoms. The zero-order valence-corrected chi connectivity index (χ0v) is 19.0. The molecule has 2 amide bonds. The number of ether oxygens (including phenoxy) is 2. The first-order valence-electron chi connectivity index (χ1n) is 11.3. The number of alkyl halides is 3. The van der Waals surface area contributed by atoms with Crippen LogP contribution in [-0.4, -0.2) is 77.4 Å². The SMILES string of the molecule is O=C(NC[C@@H]1CO[C@@H]2CN(C(=O)C3Cc4ccccc4O3)C[C@H]12)c1ccncc1.O=C(O)C(F)(F)F. The highest BCUT2D eigenvalue weighted by molar-refractivity contribution is 5.93. The maximum atomic E-state index is 13.0. The van der Waals surface area contributed by atoms with Crippen molar-refractivity contribution in [2.45, 2.75) is 24.8 Å². The highest BCUT2D eigenvalue weighted by Crippen LogP contribution is 2.35. The molecule has 0 saturated carbocycles. The molecule has 9 nitrogen and oxygen atoms in total. The Balaban J connectivity index is 0.000000384. The van der Waals surface area contributed by atoms with Crippen LogP contribution >= 0.6 is 0 Å². The van der Waals surface area contributed by atoms with Crippen LogP contribution in [0.25, 0.3) is 0 Å². The summed E-state index contributed by atoms with van der Waals surface area (Å²) in [6.07, 6.45) is -1.67. The predicted molar refractivity (Wildman–Crippen MR) is 118 cm³/mol. The van der Waals surface area contributed by atoms with Crippen LogP contribution in [-0.2, 0) is 20.7 Å². The summed E-state index contributed by atoms with van der Waals surface area (Å²) in [5.74, 6) is -1.60. The van der Waals surface area contributed by atoms with E-state index < -0.39 is 18.2 Å². The average Bonchev–Trinajstić information content (AvgIpc) is 3.57. The third-order valence-corrected chi connectivity index (χ3v) is 6.38. The van der Waals surface area contributed by atoms with Crippen LogP contribution in [0.4, 0.5) is 13.2 Å². The molecule has 3 aliphatic rings. The van der Waals surface area contributed by atoms with Crippen molar-refractivity contribution in [2.24, 2.45) is 11.8 Å². The van der Waals surface area contributed by atoms with E-state index in [1.807, 2.05) is 29.2 Å². The molecule has 2 N–H and O–H groups in total. The van der Waals surface area contributed by atoms with E-state index in [4.69, 9.17) is 19.4 Å². The summed E-state index contributed by atoms with van der Waals surface area (Å²) in [6, 6.07) is 11.2. The van der Waals surface area contributed by atoms with Crippen molar-refractivity contribution in [3.63, 3.8) is 0 Å². The maximum Gasteiger partial charge on any atom is 0.490 e. The number of rotatable bonds is 4. The zero-order valence-electron chi connectivity index (χ0n) is 19.0. The minimum atomic E-state index is -5.08. The van der Waals surface area contributed by atoms with E-state index in [0.717, 1.165) is 11.3 Å². The number of halogens is 3. The van der Waals surface area contributed by atoms with Crippen molar-refractivity contribution < 1.29 is 42.1 Å². The molecule has 5 rings (SSSR count). The third-order valence-electron chi connectivity index (χ3n) is 6.38. The second-order valence-corrected chi connectivity index (χ2v) is 8.71. The minimum Gasteiger partial charge on any atom is -0.480 e. The summed E-state index contributed by atoms with van der Waals surface area (Å²) in [4.78, 5) is 40.0. The molecule has 1 aromatic heterocycles. The summed E-state index contributed by atoms with van der Waals surface area (Å²) in [7, 11) is 0. The highest BCUT2D eigenvalue weighted by atomic mass is 19.4. The number of carbonyl (C=O) groups is 3. The fraction of sp³-hybridized carbons (Fsp3) is 0.417. The van der Waals surface area contributed by atoms with Crippen molar-refractivity contribution in [2.75, 3.05) is 26.2 Å². The quantitative estimate of drug-likeness (QED) is 0.649. The van der Waals surface area contributed by atoms with Gasteiger partial charge in [0.15, 0.2) is 6.10 Å². The molecule has 3 aliphatic heterocycles. The number of hydrogen-bond donors (Lipinski definition) is 2. The summed E-state index contributed by atoms with van der Waals surface area (Å²) in [5, 5.41) is 10.1. The van der Waals surface area contributed by atoms with Crippen molar-refractivity contribution in [1.29, 1.82) is 0 Å². The Hall–Kier alpha value is -3.67. The van der Waals surface area contributed by atoms with Gasteiger partial charge in [0.05, 0.1) is 12.7 Å². The lowest BCUT2D eigenvalue weighted by atomic mass is 9.93. The lowest BCUT2D eigenvalue weighted by molar-refractivity contribution is -0.192. The van der Waals surface area contributed by atoms with Gasteiger partial charge in [-0.3, -0.25) is 14.6 Å². The maximum absolute atomic E-state index is 13.0. The number of carboxylic acid groups (broad SMARTS) is 1. The lowest BCUT2D eigenvalue weighted by Crippen LogP contribution is -2.41. The second kappa shape index (κ2) is 10.5. The Morgan fingerprint density at radius 2 is 1.81 bits per heavy atom. The number of carboxylic acids is 1. The number of nitrogens with one attached hydrogen (secondary N) is 1. The predicted octanol–water partition coefficient (Wildman–Crippen LogP) is 1.92. The number of amides is 2. The number of pyridine rings is 1. The van der Waals surface area contributed by atoms with E-state index in [0.29, 0.717) is 38.2 Å². The summed E-state index contributed by atoms with van der Waals surface area (Å²) in [5.41, 5.74) is 1.68. The van der Waals surface area contributed by atoms with Crippen molar-refractivity contribution in [1.82, 2.24) is 15.2 Å². The number of likely N-dealkylation sites (tertiary alicyclic amines) is 1. The molecule has 1 unspecified atom stereocenters. The molecule has 36 heavy (non-hydrogen) atoms. The zero-order chi connectivity index (χ0) is 25.9. The molecular formula is C24H24F3N3O6. The molecular weight excluding hydrogens is 483 g/mol. The van der Waals surface area contributed by atoms with Gasteiger partial charge in [0, 0.05) is 55.8 Å². The van der Waals surface area contributed by atoms with Gasteiger partial charge in [-0.05, 0) is 23.8 Å². The monoisotopic (exact) mass is 507 g/mol. The van der Waals surface area contributed by atoms with Crippen molar-refractivity contribution in [3.8, 4) is 5.75 Å². The molecule has 0 aliphatic carbocycles. The van der Waals surface area contributed by atoms with E-state index in [1.54, 1.807) is 24.5 Å². The second-order valence-electron chi connectivity index (χ2n) is 8.71. The minimum absolute atomic E-state index is 0.0266. The normalized spacial score (nSPS) is 24.1. The van der Waals surface area contributed by atoms with Gasteiger partial charge in [0.25, 0.3) is 11.8 Å². The molecule has 0 bridgehead atoms. The van der Waals surface area contributed by atoms with Crippen LogP contribution in [0.3, 0.4) is 0 Å². The molecule has 1 aromatic carbocycles. The first-order valence-corrected chi connectivity index (χ1v) is 11.3. The average molecular weight is 507 g/mol. The van der Waals surface area contributed by atoms with Crippen molar-refractivity contribution >= 4 is 17.8 Å². The largest absolute Gasteiger partial charge is 0.490 e. The number of hydrogen-bond acceptors (Lipinski definition) is 6. The Morgan fingerprint density at radius 3 is 2.47 bits per heavy atom. The molecule has 2 aromatic rings. The Kier molecular flexibility index (Phi) is 7.43. The van der Waals surface area contributed by atoms with Gasteiger partial charge in [0.2, 0.25) is 0 Å². The first kappa shape index (κ1) is 25.4. The molecule has 12 heteroatoms. The van der Waals surface area contributed by atoms with Gasteiger partial charge in [0.1, 0.15) is 5.75 Å². The van der Waals surface area contributed by atoms with Gasteiger partial charge in [-0.25, -0.2) is 4.79 Å². The third kappa shape index (κ3) is 5.76. The molecule has 0 radical (unpaired) electrons. The fourth-order valence-corrected chi connectivity index (χ4v) is 4.54. The summed E-state index contributed by atoms with van der Waals surface area (Å²) < 4.78 is 43.5. The number of carbonyl (C=O) groups excluding carboxylic acids is 2. The van der Waals surface area contributed by atoms with Crippen molar-refractivity contribution in [3.05, 3.63) is 59.9 Å². The number of aliphatic carboxylic acids is 1. The number of para-hydroxylation sites is 1. The number of aromatic nitrogens is 1. The van der Waals surface area contributed by atoms with E-state index in [9.17, 15) is 22.8 Å². The van der Waals surface area contributed by atoms with Crippen LogP contribution in [0, 0.1) is 11.8 Å². The molecule has 2 fully saturated rings. The number of benzene rings is 1. The fourth-order valence-electron chi connectivity index (χ4n) is 4.54. The van der Waals surface area contributed by atoms with Crippen LogP contribution in [0.1, 0.15) is 15.9 Å². The molecule has 192 valence electrons. The van der Waals surface area contributed by atoms with Gasteiger partial charge in [-0.15, -0.1) is 0 Å². The number of nitrogens with zero attached hydrogens (tertiary/aromatic N) is 2. The van der Waals surface area contributed by atoms with Crippen LogP contribution in [0.5, 0.6) is 5.75 Å². The van der Waals surface area contributed by atoms with E-state index in [1.165, 1.54) is 0 Å². The lowest BCUT2D eigenvalue weighted by Gasteiger charge is -2.22. The summed E-state index contributed by atoms with van der Waals surface area (Å²) >= 11 is 0.